The third kappa shape index (κ3) is 10.7. The van der Waals surface area contributed by atoms with Gasteiger partial charge < -0.3 is 29.4 Å². The van der Waals surface area contributed by atoms with Crippen LogP contribution in [-0.2, 0) is 44.4 Å². The Hall–Kier alpha value is -2.71. The van der Waals surface area contributed by atoms with Crippen molar-refractivity contribution in [3.05, 3.63) is 35.9 Å². The Morgan fingerprint density at radius 3 is 2.34 bits per heavy atom. The van der Waals surface area contributed by atoms with E-state index in [1.54, 1.807) is 13.8 Å². The van der Waals surface area contributed by atoms with Crippen LogP contribution in [0.5, 0.6) is 0 Å². The molecular weight excluding hydrogens is 583 g/mol. The van der Waals surface area contributed by atoms with E-state index < -0.39 is 50.2 Å². The number of hydrogen-bond acceptors (Lipinski definition) is 9. The molecule has 1 aromatic rings. The fourth-order valence-corrected chi connectivity index (χ4v) is 7.38. The quantitative estimate of drug-likeness (QED) is 0.126. The summed E-state index contributed by atoms with van der Waals surface area (Å²) in [4.78, 5) is 53.0. The standard InChI is InChI=1S/C33H51N2O8P/c1-23(2)29(34)31(38)43-33(3,4)32(39)42-22-41-30(37)27-19-26(25-16-9-6-10-17-25)20-35(27)28(36)21-44(40)18-12-11-15-24-13-7-5-8-14-24/h5,7-8,13-14,23,25-27,29,44H,6,9-12,15-22,34H2,1-4H3/t26-,27+,29-/m1/s1. The maximum Gasteiger partial charge on any atom is 0.352 e. The third-order valence-electron chi connectivity index (χ3n) is 8.83. The monoisotopic (exact) mass is 634 g/mol. The summed E-state index contributed by atoms with van der Waals surface area (Å²) in [5.41, 5.74) is 5.42. The van der Waals surface area contributed by atoms with Crippen LogP contribution in [0.1, 0.15) is 84.6 Å². The number of ether oxygens (including phenoxy) is 3. The number of nitrogens with two attached hydrogens (primary N) is 1. The van der Waals surface area contributed by atoms with Crippen LogP contribution in [0, 0.1) is 17.8 Å². The summed E-state index contributed by atoms with van der Waals surface area (Å²) >= 11 is 0. The predicted octanol–water partition coefficient (Wildman–Crippen LogP) is 4.72. The molecule has 2 fully saturated rings. The number of rotatable bonds is 15. The Morgan fingerprint density at radius 2 is 1.68 bits per heavy atom. The predicted molar refractivity (Wildman–Crippen MR) is 168 cm³/mol. The topological polar surface area (TPSA) is 142 Å². The van der Waals surface area contributed by atoms with Gasteiger partial charge in [-0.1, -0.05) is 76.3 Å². The SMILES string of the molecule is CC(C)[C@@H](N)C(=O)OC(C)(C)C(=O)OCOC(=O)[C@@H]1C[C@@H](C2CCCCC2)CN1C(=O)C[PH](=O)CCCCc1ccccc1. The van der Waals surface area contributed by atoms with E-state index in [4.69, 9.17) is 19.9 Å². The van der Waals surface area contributed by atoms with E-state index in [0.29, 0.717) is 25.0 Å². The summed E-state index contributed by atoms with van der Waals surface area (Å²) < 4.78 is 28.6. The molecule has 0 bridgehead atoms. The van der Waals surface area contributed by atoms with Crippen LogP contribution < -0.4 is 5.73 Å². The van der Waals surface area contributed by atoms with Crippen molar-refractivity contribution >= 4 is 31.6 Å². The van der Waals surface area contributed by atoms with Gasteiger partial charge in [-0.25, -0.2) is 9.59 Å². The molecule has 1 saturated carbocycles. The summed E-state index contributed by atoms with van der Waals surface area (Å²) in [6.45, 7) is 6.03. The van der Waals surface area contributed by atoms with E-state index in [2.05, 4.69) is 12.1 Å². The van der Waals surface area contributed by atoms with Crippen LogP contribution in [0.4, 0.5) is 0 Å². The van der Waals surface area contributed by atoms with Crippen LogP contribution in [-0.4, -0.2) is 72.1 Å². The van der Waals surface area contributed by atoms with Gasteiger partial charge in [0.25, 0.3) is 0 Å². The van der Waals surface area contributed by atoms with Gasteiger partial charge in [0.2, 0.25) is 18.3 Å². The molecule has 2 aliphatic rings. The number of carbonyl (C=O) groups is 4. The molecule has 1 heterocycles. The lowest BCUT2D eigenvalue weighted by atomic mass is 9.79. The number of nitrogens with zero attached hydrogens (tertiary/aromatic N) is 1. The highest BCUT2D eigenvalue weighted by molar-refractivity contribution is 7.45. The first-order chi connectivity index (χ1) is 20.9. The second-order valence-corrected chi connectivity index (χ2v) is 15.0. The van der Waals surface area contributed by atoms with Crippen LogP contribution >= 0.6 is 7.80 Å². The van der Waals surface area contributed by atoms with Gasteiger partial charge in [0.1, 0.15) is 12.1 Å². The van der Waals surface area contributed by atoms with Crippen molar-refractivity contribution < 1.29 is 38.0 Å². The zero-order chi connectivity index (χ0) is 32.3. The molecule has 1 aliphatic heterocycles. The molecule has 1 amide bonds. The highest BCUT2D eigenvalue weighted by Crippen LogP contribution is 2.38. The smallest absolute Gasteiger partial charge is 0.352 e. The van der Waals surface area contributed by atoms with Crippen molar-refractivity contribution in [3.8, 4) is 0 Å². The number of hydrogen-bond donors (Lipinski definition) is 1. The molecule has 0 radical (unpaired) electrons. The van der Waals surface area contributed by atoms with Gasteiger partial charge in [0.05, 0.1) is 14.0 Å². The first-order valence-corrected chi connectivity index (χ1v) is 17.9. The fraction of sp³-hybridized carbons (Fsp3) is 0.697. The van der Waals surface area contributed by atoms with E-state index >= 15 is 0 Å². The van der Waals surface area contributed by atoms with Crippen molar-refractivity contribution in [3.63, 3.8) is 0 Å². The van der Waals surface area contributed by atoms with E-state index in [1.807, 2.05) is 18.2 Å². The Labute approximate surface area is 262 Å². The summed E-state index contributed by atoms with van der Waals surface area (Å²) in [7, 11) is -2.15. The second-order valence-electron chi connectivity index (χ2n) is 13.1. The van der Waals surface area contributed by atoms with E-state index in [-0.39, 0.29) is 23.9 Å². The Balaban J connectivity index is 1.53. The van der Waals surface area contributed by atoms with Gasteiger partial charge in [-0.3, -0.25) is 9.59 Å². The molecule has 1 aliphatic carbocycles. The molecule has 1 aromatic carbocycles. The summed E-state index contributed by atoms with van der Waals surface area (Å²) in [6, 6.07) is 8.41. The van der Waals surface area contributed by atoms with E-state index in [9.17, 15) is 23.7 Å². The molecule has 0 spiro atoms. The Morgan fingerprint density at radius 1 is 1.00 bits per heavy atom. The molecule has 2 N–H and O–H groups in total. The Bertz CT molecular complexity index is 1140. The van der Waals surface area contributed by atoms with Gasteiger partial charge in [-0.2, -0.15) is 0 Å². The minimum Gasteiger partial charge on any atom is -0.446 e. The third-order valence-corrected chi connectivity index (χ3v) is 10.4. The van der Waals surface area contributed by atoms with Gasteiger partial charge >= 0.3 is 17.9 Å². The molecule has 4 atom stereocenters. The first kappa shape index (κ1) is 35.8. The molecule has 246 valence electrons. The van der Waals surface area contributed by atoms with Crippen molar-refractivity contribution in [2.75, 3.05) is 25.7 Å². The van der Waals surface area contributed by atoms with Crippen molar-refractivity contribution in [1.29, 1.82) is 0 Å². The van der Waals surface area contributed by atoms with Crippen molar-refractivity contribution in [2.45, 2.75) is 103 Å². The van der Waals surface area contributed by atoms with Crippen molar-refractivity contribution in [1.82, 2.24) is 4.90 Å². The largest absolute Gasteiger partial charge is 0.446 e. The number of carbonyl (C=O) groups excluding carboxylic acids is 4. The normalized spacial score (nSPS) is 20.6. The number of unbranched alkanes of at least 4 members (excludes halogenated alkanes) is 1. The number of amides is 1. The van der Waals surface area contributed by atoms with Crippen LogP contribution in [0.3, 0.4) is 0 Å². The van der Waals surface area contributed by atoms with E-state index in [0.717, 1.165) is 44.9 Å². The second kappa shape index (κ2) is 17.1. The number of esters is 3. The molecule has 1 saturated heterocycles. The zero-order valence-electron chi connectivity index (χ0n) is 26.8. The summed E-state index contributed by atoms with van der Waals surface area (Å²) in [5, 5.41) is 0. The molecule has 11 heteroatoms. The molecule has 10 nitrogen and oxygen atoms in total. The van der Waals surface area contributed by atoms with Crippen molar-refractivity contribution in [2.24, 2.45) is 23.5 Å². The molecular formula is C33H51N2O8P. The van der Waals surface area contributed by atoms with Crippen LogP contribution in [0.2, 0.25) is 0 Å². The maximum absolute atomic E-state index is 13.4. The first-order valence-electron chi connectivity index (χ1n) is 16.1. The fourth-order valence-electron chi connectivity index (χ4n) is 6.01. The minimum absolute atomic E-state index is 0.0653. The molecule has 44 heavy (non-hydrogen) atoms. The Kier molecular flexibility index (Phi) is 13.9. The highest BCUT2D eigenvalue weighted by atomic mass is 31.1. The lowest BCUT2D eigenvalue weighted by Gasteiger charge is -2.27. The molecule has 3 rings (SSSR count). The van der Waals surface area contributed by atoms with Gasteiger partial charge in [-0.15, -0.1) is 0 Å². The highest BCUT2D eigenvalue weighted by Gasteiger charge is 2.44. The lowest BCUT2D eigenvalue weighted by Crippen LogP contribution is -2.46. The summed E-state index contributed by atoms with van der Waals surface area (Å²) in [5.74, 6) is -2.16. The number of aryl methyl sites for hydroxylation is 1. The molecule has 0 aromatic heterocycles. The number of benzene rings is 1. The molecule has 1 unspecified atom stereocenters. The average Bonchev–Trinajstić information content (AvgIpc) is 3.45. The van der Waals surface area contributed by atoms with E-state index in [1.165, 1.54) is 30.7 Å². The maximum atomic E-state index is 13.4. The van der Waals surface area contributed by atoms with Gasteiger partial charge in [0, 0.05) is 6.54 Å². The minimum atomic E-state index is -2.15. The van der Waals surface area contributed by atoms with Gasteiger partial charge in [-0.05, 0) is 69.0 Å². The van der Waals surface area contributed by atoms with Gasteiger partial charge in [0.15, 0.2) is 0 Å². The zero-order valence-corrected chi connectivity index (χ0v) is 27.8. The average molecular weight is 635 g/mol. The number of likely N-dealkylation sites (tertiary alicyclic amines) is 1. The van der Waals surface area contributed by atoms with Crippen LogP contribution in [0.25, 0.3) is 0 Å². The van der Waals surface area contributed by atoms with Crippen LogP contribution in [0.15, 0.2) is 30.3 Å². The summed E-state index contributed by atoms with van der Waals surface area (Å²) in [6.07, 6.45) is 9.09. The lowest BCUT2D eigenvalue weighted by molar-refractivity contribution is -0.191.